The van der Waals surface area contributed by atoms with Gasteiger partial charge in [0.1, 0.15) is 11.6 Å². The number of nitrogens with one attached hydrogen (secondary N) is 1. The Hall–Kier alpha value is -1.84. The fourth-order valence-corrected chi connectivity index (χ4v) is 4.57. The molecular weight excluding hydrogens is 376 g/mol. The maximum atomic E-state index is 12.7. The van der Waals surface area contributed by atoms with E-state index in [1.165, 1.54) is 0 Å². The van der Waals surface area contributed by atoms with Crippen LogP contribution < -0.4 is 5.32 Å². The molecule has 0 radical (unpaired) electrons. The first kappa shape index (κ1) is 19.5. The Morgan fingerprint density at radius 1 is 1.39 bits per heavy atom. The van der Waals surface area contributed by atoms with Crippen molar-refractivity contribution in [3.63, 3.8) is 0 Å². The summed E-state index contributed by atoms with van der Waals surface area (Å²) in [4.78, 5) is 19.5. The van der Waals surface area contributed by atoms with Crippen molar-refractivity contribution in [2.45, 2.75) is 58.8 Å². The van der Waals surface area contributed by atoms with Crippen LogP contribution in [0, 0.1) is 5.41 Å². The second-order valence-corrected chi connectivity index (χ2v) is 8.98. The zero-order valence-corrected chi connectivity index (χ0v) is 17.4. The number of thiazole rings is 1. The van der Waals surface area contributed by atoms with E-state index in [2.05, 4.69) is 32.3 Å². The number of piperidine rings is 1. The number of ether oxygens (including phenoxy) is 1. The van der Waals surface area contributed by atoms with Crippen molar-refractivity contribution in [1.29, 1.82) is 0 Å². The predicted octanol–water partition coefficient (Wildman–Crippen LogP) is 2.08. The topological polar surface area (TPSA) is 85.2 Å². The number of hydrogen-bond acceptors (Lipinski definition) is 7. The number of aromatic nitrogens is 4. The third kappa shape index (κ3) is 4.11. The van der Waals surface area contributed by atoms with Crippen LogP contribution in [0.4, 0.5) is 0 Å². The van der Waals surface area contributed by atoms with E-state index < -0.39 is 0 Å². The van der Waals surface area contributed by atoms with E-state index in [4.69, 9.17) is 4.74 Å². The van der Waals surface area contributed by atoms with Gasteiger partial charge in [0, 0.05) is 29.6 Å². The minimum Gasteiger partial charge on any atom is -0.373 e. The Morgan fingerprint density at radius 3 is 2.93 bits per heavy atom. The van der Waals surface area contributed by atoms with E-state index in [-0.39, 0.29) is 17.4 Å². The maximum Gasteiger partial charge on any atom is 0.289 e. The monoisotopic (exact) mass is 404 g/mol. The number of nitrogens with zero attached hydrogens (tertiary/aromatic N) is 5. The van der Waals surface area contributed by atoms with Crippen LogP contribution in [0.15, 0.2) is 11.6 Å². The molecular formula is C19H28N6O2S. The van der Waals surface area contributed by atoms with Crippen molar-refractivity contribution in [3.05, 3.63) is 28.2 Å². The second-order valence-electron chi connectivity index (χ2n) is 8.00. The molecule has 2 aromatic rings. The summed E-state index contributed by atoms with van der Waals surface area (Å²) in [5.74, 6) is 1.01. The molecule has 0 saturated carbocycles. The predicted molar refractivity (Wildman–Crippen MR) is 106 cm³/mol. The van der Waals surface area contributed by atoms with E-state index in [1.54, 1.807) is 11.3 Å². The third-order valence-electron chi connectivity index (χ3n) is 5.91. The van der Waals surface area contributed by atoms with Gasteiger partial charge in [-0.25, -0.2) is 4.98 Å². The molecule has 0 unspecified atom stereocenters. The lowest BCUT2D eigenvalue weighted by molar-refractivity contribution is -0.00571. The fraction of sp³-hybridized carbons (Fsp3) is 0.684. The first-order chi connectivity index (χ1) is 13.6. The molecule has 28 heavy (non-hydrogen) atoms. The zero-order chi connectivity index (χ0) is 19.6. The van der Waals surface area contributed by atoms with E-state index in [0.29, 0.717) is 19.0 Å². The lowest BCUT2D eigenvalue weighted by atomic mass is 9.79. The summed E-state index contributed by atoms with van der Waals surface area (Å²) in [7, 11) is 0. The molecule has 4 heterocycles. The summed E-state index contributed by atoms with van der Waals surface area (Å²) in [6.07, 6.45) is 4.81. The van der Waals surface area contributed by atoms with Gasteiger partial charge in [-0.1, -0.05) is 6.92 Å². The summed E-state index contributed by atoms with van der Waals surface area (Å²) in [6.45, 7) is 8.84. The van der Waals surface area contributed by atoms with Gasteiger partial charge in [-0.2, -0.15) is 0 Å². The summed E-state index contributed by atoms with van der Waals surface area (Å²) < 4.78 is 7.95. The van der Waals surface area contributed by atoms with E-state index in [9.17, 15) is 4.79 Å². The largest absolute Gasteiger partial charge is 0.373 e. The maximum absolute atomic E-state index is 12.7. The van der Waals surface area contributed by atoms with Gasteiger partial charge in [-0.15, -0.1) is 21.5 Å². The summed E-state index contributed by atoms with van der Waals surface area (Å²) >= 11 is 1.71. The number of hydrogen-bond donors (Lipinski definition) is 1. The highest BCUT2D eigenvalue weighted by atomic mass is 32.1. The Bertz CT molecular complexity index is 797. The average Bonchev–Trinajstić information content (AvgIpc) is 3.30. The molecule has 1 saturated heterocycles. The Labute approximate surface area is 169 Å². The molecule has 0 aromatic carbocycles. The Kier molecular flexibility index (Phi) is 5.75. The summed E-state index contributed by atoms with van der Waals surface area (Å²) in [6, 6.07) is 0.116. The van der Waals surface area contributed by atoms with Gasteiger partial charge in [-0.05, 0) is 39.3 Å². The molecule has 4 rings (SSSR count). The number of fused-ring (bicyclic) bond motifs is 1. The van der Waals surface area contributed by atoms with Crippen LogP contribution in [0.25, 0.3) is 0 Å². The van der Waals surface area contributed by atoms with Gasteiger partial charge in [0.2, 0.25) is 5.82 Å². The van der Waals surface area contributed by atoms with Crippen LogP contribution >= 0.6 is 11.3 Å². The van der Waals surface area contributed by atoms with E-state index >= 15 is 0 Å². The SMILES string of the molecule is CC[C@@H](C)NC(=O)c1nnc2n1CC1(CCN(Cc3nccs3)CC1)COC2. The molecule has 2 aromatic heterocycles. The number of rotatable bonds is 5. The van der Waals surface area contributed by atoms with Crippen molar-refractivity contribution in [2.75, 3.05) is 19.7 Å². The quantitative estimate of drug-likeness (QED) is 0.821. The smallest absolute Gasteiger partial charge is 0.289 e. The summed E-state index contributed by atoms with van der Waals surface area (Å²) in [5.41, 5.74) is 0.0262. The molecule has 1 fully saturated rings. The first-order valence-electron chi connectivity index (χ1n) is 10.00. The fourth-order valence-electron chi connectivity index (χ4n) is 3.92. The number of carbonyl (C=O) groups is 1. The summed E-state index contributed by atoms with van der Waals surface area (Å²) in [5, 5.41) is 14.6. The van der Waals surface area contributed by atoms with Crippen molar-refractivity contribution >= 4 is 17.2 Å². The zero-order valence-electron chi connectivity index (χ0n) is 16.6. The van der Waals surface area contributed by atoms with Gasteiger partial charge in [0.05, 0.1) is 13.2 Å². The van der Waals surface area contributed by atoms with Crippen LogP contribution in [0.5, 0.6) is 0 Å². The molecule has 1 atom stereocenters. The highest BCUT2D eigenvalue weighted by Gasteiger charge is 2.39. The number of amides is 1. The normalized spacial score (nSPS) is 20.5. The molecule has 1 N–H and O–H groups in total. The minimum absolute atomic E-state index is 0.0262. The van der Waals surface area contributed by atoms with Crippen molar-refractivity contribution in [2.24, 2.45) is 5.41 Å². The lowest BCUT2D eigenvalue weighted by Gasteiger charge is -2.40. The van der Waals surface area contributed by atoms with Gasteiger partial charge in [0.25, 0.3) is 5.91 Å². The standard InChI is InChI=1S/C19H28N6O2S/c1-3-14(2)21-18(26)17-23-22-15-11-27-13-19(12-25(15)17)4-7-24(8-5-19)10-16-20-6-9-28-16/h6,9,14H,3-5,7-8,10-13H2,1-2H3,(H,21,26)/t14-/m1/s1. The van der Waals surface area contributed by atoms with Crippen molar-refractivity contribution in [3.8, 4) is 0 Å². The molecule has 1 spiro atoms. The van der Waals surface area contributed by atoms with Gasteiger partial charge >= 0.3 is 0 Å². The molecule has 8 nitrogen and oxygen atoms in total. The van der Waals surface area contributed by atoms with Gasteiger partial charge < -0.3 is 14.6 Å². The molecule has 2 aliphatic rings. The Balaban J connectivity index is 1.46. The third-order valence-corrected chi connectivity index (χ3v) is 6.68. The Morgan fingerprint density at radius 2 is 2.21 bits per heavy atom. The molecule has 2 aliphatic heterocycles. The molecule has 1 amide bonds. The molecule has 0 bridgehead atoms. The van der Waals surface area contributed by atoms with Crippen LogP contribution in [0.1, 0.15) is 54.6 Å². The molecule has 0 aliphatic carbocycles. The number of likely N-dealkylation sites (tertiary alicyclic amines) is 1. The molecule has 9 heteroatoms. The highest BCUT2D eigenvalue weighted by molar-refractivity contribution is 7.09. The van der Waals surface area contributed by atoms with Crippen LogP contribution in [0.2, 0.25) is 0 Å². The van der Waals surface area contributed by atoms with Gasteiger partial charge in [0.15, 0.2) is 5.82 Å². The van der Waals surface area contributed by atoms with Crippen LogP contribution in [-0.2, 0) is 24.4 Å². The van der Waals surface area contributed by atoms with Crippen molar-refractivity contribution < 1.29 is 9.53 Å². The average molecular weight is 405 g/mol. The van der Waals surface area contributed by atoms with Gasteiger partial charge in [-0.3, -0.25) is 9.69 Å². The first-order valence-corrected chi connectivity index (χ1v) is 10.9. The van der Waals surface area contributed by atoms with E-state index in [1.807, 2.05) is 23.1 Å². The molecule has 152 valence electrons. The van der Waals surface area contributed by atoms with Crippen LogP contribution in [-0.4, -0.2) is 56.3 Å². The number of carbonyl (C=O) groups excluding carboxylic acids is 1. The minimum atomic E-state index is -0.147. The highest BCUT2D eigenvalue weighted by Crippen LogP contribution is 2.36. The van der Waals surface area contributed by atoms with E-state index in [0.717, 1.165) is 56.3 Å². The van der Waals surface area contributed by atoms with Crippen molar-refractivity contribution in [1.82, 2.24) is 30.0 Å². The second kappa shape index (κ2) is 8.26. The lowest BCUT2D eigenvalue weighted by Crippen LogP contribution is -2.44. The van der Waals surface area contributed by atoms with Crippen LogP contribution in [0.3, 0.4) is 0 Å².